The Morgan fingerprint density at radius 2 is 1.73 bits per heavy atom. The minimum Gasteiger partial charge on any atom is -0.467 e. The molecule has 5 rings (SSSR count). The lowest BCUT2D eigenvalue weighted by Crippen LogP contribution is -2.30. The van der Waals surface area contributed by atoms with E-state index in [9.17, 15) is 9.59 Å². The second kappa shape index (κ2) is 9.16. The third-order valence-electron chi connectivity index (χ3n) is 5.60. The van der Waals surface area contributed by atoms with Gasteiger partial charge in [-0.3, -0.25) is 9.59 Å². The minimum absolute atomic E-state index is 0.0511. The molecule has 1 saturated carbocycles. The van der Waals surface area contributed by atoms with Crippen molar-refractivity contribution >= 4 is 11.8 Å². The Labute approximate surface area is 191 Å². The van der Waals surface area contributed by atoms with Gasteiger partial charge in [-0.1, -0.05) is 12.1 Å². The molecule has 7 nitrogen and oxygen atoms in total. The molecule has 166 valence electrons. The van der Waals surface area contributed by atoms with E-state index in [1.165, 1.54) is 0 Å². The Morgan fingerprint density at radius 3 is 2.36 bits per heavy atom. The number of benzene rings is 2. The van der Waals surface area contributed by atoms with E-state index >= 15 is 0 Å². The van der Waals surface area contributed by atoms with Gasteiger partial charge in [-0.05, 0) is 73.0 Å². The quantitative estimate of drug-likeness (QED) is 0.445. The summed E-state index contributed by atoms with van der Waals surface area (Å²) in [5.74, 6) is 0.552. The zero-order chi connectivity index (χ0) is 22.6. The zero-order valence-electron chi connectivity index (χ0n) is 18.1. The maximum Gasteiger partial charge on any atom is 0.254 e. The topological polar surface area (TPSA) is 80.4 Å². The van der Waals surface area contributed by atoms with Crippen molar-refractivity contribution in [2.24, 2.45) is 0 Å². The van der Waals surface area contributed by atoms with E-state index in [0.29, 0.717) is 36.0 Å². The highest BCUT2D eigenvalue weighted by atomic mass is 16.3. The number of carbonyl (C=O) groups is 2. The molecular formula is C26H24N4O3. The number of rotatable bonds is 8. The molecule has 1 aliphatic rings. The van der Waals surface area contributed by atoms with Crippen LogP contribution in [-0.4, -0.2) is 32.5 Å². The molecule has 2 amide bonds. The number of nitrogens with one attached hydrogen (secondary N) is 1. The van der Waals surface area contributed by atoms with Crippen molar-refractivity contribution in [3.05, 3.63) is 108 Å². The predicted octanol–water partition coefficient (Wildman–Crippen LogP) is 4.20. The maximum atomic E-state index is 13.4. The van der Waals surface area contributed by atoms with Gasteiger partial charge in [0.05, 0.1) is 18.5 Å². The summed E-state index contributed by atoms with van der Waals surface area (Å²) in [6.07, 6.45) is 7.27. The molecule has 2 aromatic heterocycles. The predicted molar refractivity (Wildman–Crippen MR) is 123 cm³/mol. The SMILES string of the molecule is O=C(NC1CC1)c1ccc(CN(Cc2ccco2)C(=O)c2ccc(-n3cccn3)cc2)cc1. The number of hydrogen-bond donors (Lipinski definition) is 1. The Kier molecular flexibility index (Phi) is 5.76. The van der Waals surface area contributed by atoms with E-state index in [1.807, 2.05) is 60.8 Å². The lowest BCUT2D eigenvalue weighted by atomic mass is 10.1. The molecule has 0 unspecified atom stereocenters. The fourth-order valence-electron chi connectivity index (χ4n) is 3.63. The van der Waals surface area contributed by atoms with Crippen LogP contribution >= 0.6 is 0 Å². The van der Waals surface area contributed by atoms with Gasteiger partial charge in [-0.2, -0.15) is 5.10 Å². The molecule has 0 bridgehead atoms. The van der Waals surface area contributed by atoms with Crippen LogP contribution in [0.25, 0.3) is 5.69 Å². The fraction of sp³-hybridized carbons (Fsp3) is 0.192. The molecule has 1 N–H and O–H groups in total. The lowest BCUT2D eigenvalue weighted by molar-refractivity contribution is 0.0717. The van der Waals surface area contributed by atoms with Gasteiger partial charge in [0.2, 0.25) is 0 Å². The Hall–Kier alpha value is -4.13. The Balaban J connectivity index is 1.33. The van der Waals surface area contributed by atoms with Crippen LogP contribution in [0.3, 0.4) is 0 Å². The normalized spacial score (nSPS) is 13.0. The second-order valence-electron chi connectivity index (χ2n) is 8.18. The highest BCUT2D eigenvalue weighted by Crippen LogP contribution is 2.20. The summed E-state index contributed by atoms with van der Waals surface area (Å²) in [6.45, 7) is 0.738. The van der Waals surface area contributed by atoms with Gasteiger partial charge in [0, 0.05) is 36.1 Å². The van der Waals surface area contributed by atoms with Crippen molar-refractivity contribution in [3.63, 3.8) is 0 Å². The summed E-state index contributed by atoms with van der Waals surface area (Å²) < 4.78 is 7.24. The number of amides is 2. The van der Waals surface area contributed by atoms with Crippen molar-refractivity contribution in [3.8, 4) is 5.69 Å². The zero-order valence-corrected chi connectivity index (χ0v) is 18.1. The molecule has 1 fully saturated rings. The lowest BCUT2D eigenvalue weighted by Gasteiger charge is -2.22. The van der Waals surface area contributed by atoms with Crippen LogP contribution in [0, 0.1) is 0 Å². The molecule has 2 aromatic carbocycles. The number of carbonyl (C=O) groups excluding carboxylic acids is 2. The van der Waals surface area contributed by atoms with Crippen LogP contribution < -0.4 is 5.32 Å². The molecule has 0 spiro atoms. The first-order valence-electron chi connectivity index (χ1n) is 11.0. The van der Waals surface area contributed by atoms with Gasteiger partial charge in [-0.25, -0.2) is 4.68 Å². The van der Waals surface area contributed by atoms with Gasteiger partial charge in [0.25, 0.3) is 11.8 Å². The first-order valence-corrected chi connectivity index (χ1v) is 11.0. The number of aromatic nitrogens is 2. The average molecular weight is 441 g/mol. The number of furan rings is 1. The first kappa shape index (κ1) is 20.8. The number of hydrogen-bond acceptors (Lipinski definition) is 4. The maximum absolute atomic E-state index is 13.4. The third kappa shape index (κ3) is 5.03. The van der Waals surface area contributed by atoms with Gasteiger partial charge < -0.3 is 14.6 Å². The summed E-state index contributed by atoms with van der Waals surface area (Å²) in [7, 11) is 0. The summed E-state index contributed by atoms with van der Waals surface area (Å²) in [4.78, 5) is 27.4. The van der Waals surface area contributed by atoms with Gasteiger partial charge in [0.15, 0.2) is 0 Å². The van der Waals surface area contributed by atoms with Gasteiger partial charge in [-0.15, -0.1) is 0 Å². The van der Waals surface area contributed by atoms with Gasteiger partial charge in [0.1, 0.15) is 5.76 Å². The van der Waals surface area contributed by atoms with E-state index in [2.05, 4.69) is 10.4 Å². The van der Waals surface area contributed by atoms with Crippen LogP contribution in [-0.2, 0) is 13.1 Å². The monoisotopic (exact) mass is 440 g/mol. The fourth-order valence-corrected chi connectivity index (χ4v) is 3.63. The van der Waals surface area contributed by atoms with Crippen LogP contribution in [0.15, 0.2) is 89.8 Å². The van der Waals surface area contributed by atoms with Crippen molar-refractivity contribution < 1.29 is 14.0 Å². The van der Waals surface area contributed by atoms with Crippen molar-refractivity contribution in [1.82, 2.24) is 20.0 Å². The van der Waals surface area contributed by atoms with Crippen LogP contribution in [0.5, 0.6) is 0 Å². The smallest absolute Gasteiger partial charge is 0.254 e. The summed E-state index contributed by atoms with van der Waals surface area (Å²) >= 11 is 0. The van der Waals surface area contributed by atoms with E-state index < -0.39 is 0 Å². The highest BCUT2D eigenvalue weighted by molar-refractivity contribution is 5.95. The molecule has 4 aromatic rings. The van der Waals surface area contributed by atoms with Crippen molar-refractivity contribution in [2.75, 3.05) is 0 Å². The van der Waals surface area contributed by atoms with E-state index in [1.54, 1.807) is 34.2 Å². The summed E-state index contributed by atoms with van der Waals surface area (Å²) in [5.41, 5.74) is 3.03. The minimum atomic E-state index is -0.103. The van der Waals surface area contributed by atoms with E-state index in [4.69, 9.17) is 4.42 Å². The molecule has 0 saturated heterocycles. The molecule has 33 heavy (non-hydrogen) atoms. The Morgan fingerprint density at radius 1 is 0.970 bits per heavy atom. The Bertz CT molecular complexity index is 1210. The molecule has 1 aliphatic carbocycles. The van der Waals surface area contributed by atoms with Crippen molar-refractivity contribution in [2.45, 2.75) is 32.0 Å². The molecule has 0 radical (unpaired) electrons. The van der Waals surface area contributed by atoms with E-state index in [-0.39, 0.29) is 11.8 Å². The molecule has 2 heterocycles. The number of nitrogens with zero attached hydrogens (tertiary/aromatic N) is 3. The largest absolute Gasteiger partial charge is 0.467 e. The molecule has 0 atom stereocenters. The molecule has 7 heteroatoms. The van der Waals surface area contributed by atoms with Gasteiger partial charge >= 0.3 is 0 Å². The van der Waals surface area contributed by atoms with Crippen LogP contribution in [0.2, 0.25) is 0 Å². The van der Waals surface area contributed by atoms with E-state index in [0.717, 1.165) is 24.1 Å². The molecular weight excluding hydrogens is 416 g/mol. The average Bonchev–Trinajstić information content (AvgIpc) is 3.28. The summed E-state index contributed by atoms with van der Waals surface area (Å²) in [5, 5.41) is 7.21. The standard InChI is InChI=1S/C26H24N4O3/c31-25(28-22-10-11-22)20-6-4-19(5-7-20)17-29(18-24-3-1-16-33-24)26(32)21-8-12-23(13-9-21)30-15-2-14-27-30/h1-9,12-16,22H,10-11,17-18H2,(H,28,31). The van der Waals surface area contributed by atoms with Crippen molar-refractivity contribution in [1.29, 1.82) is 0 Å². The van der Waals surface area contributed by atoms with Crippen LogP contribution in [0.4, 0.5) is 0 Å². The summed E-state index contributed by atoms with van der Waals surface area (Å²) in [6, 6.07) is 20.6. The third-order valence-corrected chi connectivity index (χ3v) is 5.60. The van der Waals surface area contributed by atoms with Crippen LogP contribution in [0.1, 0.15) is 44.9 Å². The second-order valence-corrected chi connectivity index (χ2v) is 8.18. The first-order chi connectivity index (χ1) is 16.2. The highest BCUT2D eigenvalue weighted by Gasteiger charge is 2.24. The molecule has 0 aliphatic heterocycles.